The molecule has 1 nitrogen and oxygen atoms in total. The molecule has 1 N–H and O–H groups in total. The summed E-state index contributed by atoms with van der Waals surface area (Å²) < 4.78 is 0. The molecule has 0 saturated heterocycles. The van der Waals surface area contributed by atoms with Gasteiger partial charge in [-0.3, -0.25) is 0 Å². The lowest BCUT2D eigenvalue weighted by molar-refractivity contribution is 0.164. The molecule has 0 aliphatic heterocycles. The lowest BCUT2D eigenvalue weighted by atomic mass is 10.0. The summed E-state index contributed by atoms with van der Waals surface area (Å²) in [4.78, 5) is 0. The Balaban J connectivity index is 2.43. The highest BCUT2D eigenvalue weighted by molar-refractivity contribution is 9.09. The van der Waals surface area contributed by atoms with Gasteiger partial charge in [0.15, 0.2) is 0 Å². The standard InChI is InChI=1S/C11H14BrClO/c12-8-2-1-3-11(14)9-4-6-10(13)7-5-9/h4-7,11,14H,1-3,8H2/t11-/m1/s1. The molecular weight excluding hydrogens is 263 g/mol. The van der Waals surface area contributed by atoms with Gasteiger partial charge in [0.1, 0.15) is 0 Å². The van der Waals surface area contributed by atoms with Crippen molar-refractivity contribution in [1.29, 1.82) is 0 Å². The molecule has 0 unspecified atom stereocenters. The van der Waals surface area contributed by atoms with Crippen LogP contribution in [0.25, 0.3) is 0 Å². The number of rotatable bonds is 5. The first-order valence-corrected chi connectivity index (χ1v) is 6.23. The highest BCUT2D eigenvalue weighted by atomic mass is 79.9. The van der Waals surface area contributed by atoms with E-state index < -0.39 is 0 Å². The van der Waals surface area contributed by atoms with Crippen molar-refractivity contribution < 1.29 is 5.11 Å². The Morgan fingerprint density at radius 3 is 2.43 bits per heavy atom. The highest BCUT2D eigenvalue weighted by Crippen LogP contribution is 2.21. The number of unbranched alkanes of at least 4 members (excludes halogenated alkanes) is 1. The summed E-state index contributed by atoms with van der Waals surface area (Å²) in [6, 6.07) is 7.37. The molecule has 1 aromatic rings. The van der Waals surface area contributed by atoms with E-state index in [4.69, 9.17) is 11.6 Å². The van der Waals surface area contributed by atoms with Crippen LogP contribution in [-0.2, 0) is 0 Å². The van der Waals surface area contributed by atoms with Gasteiger partial charge in [-0.15, -0.1) is 0 Å². The van der Waals surface area contributed by atoms with Gasteiger partial charge in [-0.2, -0.15) is 0 Å². The molecule has 1 aromatic carbocycles. The number of aliphatic hydroxyl groups excluding tert-OH is 1. The van der Waals surface area contributed by atoms with Gasteiger partial charge < -0.3 is 5.11 Å². The van der Waals surface area contributed by atoms with Gasteiger partial charge in [0.2, 0.25) is 0 Å². The van der Waals surface area contributed by atoms with Crippen LogP contribution in [0.1, 0.15) is 30.9 Å². The maximum atomic E-state index is 9.78. The largest absolute Gasteiger partial charge is 0.388 e. The number of aliphatic hydroxyl groups is 1. The Labute approximate surface area is 98.2 Å². The first kappa shape index (κ1) is 12.0. The zero-order chi connectivity index (χ0) is 10.4. The van der Waals surface area contributed by atoms with Gasteiger partial charge >= 0.3 is 0 Å². The summed E-state index contributed by atoms with van der Waals surface area (Å²) in [5.41, 5.74) is 0.948. The maximum absolute atomic E-state index is 9.78. The number of halogens is 2. The third kappa shape index (κ3) is 3.99. The monoisotopic (exact) mass is 276 g/mol. The Morgan fingerprint density at radius 2 is 1.86 bits per heavy atom. The van der Waals surface area contributed by atoms with Gasteiger partial charge in [0, 0.05) is 10.4 Å². The predicted octanol–water partition coefficient (Wildman–Crippen LogP) is 3.94. The molecule has 0 saturated carbocycles. The van der Waals surface area contributed by atoms with Crippen LogP contribution in [0.4, 0.5) is 0 Å². The van der Waals surface area contributed by atoms with Crippen LogP contribution >= 0.6 is 27.5 Å². The molecule has 0 aliphatic rings. The Kier molecular flexibility index (Phi) is 5.53. The van der Waals surface area contributed by atoms with Crippen molar-refractivity contribution >= 4 is 27.5 Å². The lowest BCUT2D eigenvalue weighted by Crippen LogP contribution is -1.97. The molecule has 0 spiro atoms. The minimum Gasteiger partial charge on any atom is -0.388 e. The molecule has 0 fully saturated rings. The van der Waals surface area contributed by atoms with Crippen molar-refractivity contribution in [1.82, 2.24) is 0 Å². The van der Waals surface area contributed by atoms with Crippen LogP contribution in [0.3, 0.4) is 0 Å². The topological polar surface area (TPSA) is 20.2 Å². The minimum atomic E-state index is -0.355. The summed E-state index contributed by atoms with van der Waals surface area (Å²) in [6.07, 6.45) is 2.60. The maximum Gasteiger partial charge on any atom is 0.0790 e. The lowest BCUT2D eigenvalue weighted by Gasteiger charge is -2.10. The van der Waals surface area contributed by atoms with Crippen molar-refractivity contribution in [3.63, 3.8) is 0 Å². The SMILES string of the molecule is O[C@H](CCCCBr)c1ccc(Cl)cc1. The average Bonchev–Trinajstić information content (AvgIpc) is 2.19. The molecule has 0 heterocycles. The van der Waals surface area contributed by atoms with Crippen LogP contribution in [0.5, 0.6) is 0 Å². The number of hydrogen-bond donors (Lipinski definition) is 1. The fourth-order valence-electron chi connectivity index (χ4n) is 1.28. The van der Waals surface area contributed by atoms with Crippen LogP contribution in [0.2, 0.25) is 5.02 Å². The minimum absolute atomic E-state index is 0.355. The van der Waals surface area contributed by atoms with Crippen molar-refractivity contribution in [2.45, 2.75) is 25.4 Å². The molecule has 0 radical (unpaired) electrons. The molecule has 78 valence electrons. The normalized spacial score (nSPS) is 12.8. The third-order valence-electron chi connectivity index (χ3n) is 2.12. The van der Waals surface area contributed by atoms with Crippen LogP contribution in [0.15, 0.2) is 24.3 Å². The first-order chi connectivity index (χ1) is 6.74. The van der Waals surface area contributed by atoms with E-state index in [0.29, 0.717) is 5.02 Å². The Morgan fingerprint density at radius 1 is 1.21 bits per heavy atom. The second kappa shape index (κ2) is 6.44. The predicted molar refractivity (Wildman–Crippen MR) is 64.1 cm³/mol. The van der Waals surface area contributed by atoms with E-state index in [-0.39, 0.29) is 6.10 Å². The fraction of sp³-hybridized carbons (Fsp3) is 0.455. The quantitative estimate of drug-likeness (QED) is 0.638. The highest BCUT2D eigenvalue weighted by Gasteiger charge is 2.06. The fourth-order valence-corrected chi connectivity index (χ4v) is 1.81. The summed E-state index contributed by atoms with van der Waals surface area (Å²) >= 11 is 9.12. The molecule has 1 rings (SSSR count). The Bertz CT molecular complexity index is 260. The van der Waals surface area contributed by atoms with E-state index in [0.717, 1.165) is 30.2 Å². The number of benzene rings is 1. The van der Waals surface area contributed by atoms with Crippen LogP contribution in [0, 0.1) is 0 Å². The van der Waals surface area contributed by atoms with Gasteiger partial charge in [0.05, 0.1) is 6.10 Å². The van der Waals surface area contributed by atoms with Crippen LogP contribution in [-0.4, -0.2) is 10.4 Å². The summed E-state index contributed by atoms with van der Waals surface area (Å²) in [5, 5.41) is 11.5. The summed E-state index contributed by atoms with van der Waals surface area (Å²) in [7, 11) is 0. The van der Waals surface area contributed by atoms with Crippen molar-refractivity contribution in [3.05, 3.63) is 34.9 Å². The second-order valence-electron chi connectivity index (χ2n) is 3.25. The zero-order valence-corrected chi connectivity index (χ0v) is 10.3. The number of alkyl halides is 1. The van der Waals surface area contributed by atoms with Crippen molar-refractivity contribution in [2.24, 2.45) is 0 Å². The molecular formula is C11H14BrClO. The summed E-state index contributed by atoms with van der Waals surface area (Å²) in [5.74, 6) is 0. The second-order valence-corrected chi connectivity index (χ2v) is 4.48. The first-order valence-electron chi connectivity index (χ1n) is 4.73. The Hall–Kier alpha value is -0.0500. The van der Waals surface area contributed by atoms with E-state index in [1.54, 1.807) is 0 Å². The van der Waals surface area contributed by atoms with E-state index in [1.165, 1.54) is 0 Å². The zero-order valence-electron chi connectivity index (χ0n) is 7.92. The third-order valence-corrected chi connectivity index (χ3v) is 2.93. The van der Waals surface area contributed by atoms with Crippen molar-refractivity contribution in [3.8, 4) is 0 Å². The molecule has 14 heavy (non-hydrogen) atoms. The van der Waals surface area contributed by atoms with E-state index in [9.17, 15) is 5.11 Å². The van der Waals surface area contributed by atoms with Gasteiger partial charge in [-0.05, 0) is 37.0 Å². The van der Waals surface area contributed by atoms with E-state index in [1.807, 2.05) is 24.3 Å². The molecule has 0 aromatic heterocycles. The molecule has 3 heteroatoms. The van der Waals surface area contributed by atoms with Crippen LogP contribution < -0.4 is 0 Å². The van der Waals surface area contributed by atoms with E-state index >= 15 is 0 Å². The molecule has 0 amide bonds. The van der Waals surface area contributed by atoms with Gasteiger partial charge in [-0.1, -0.05) is 39.7 Å². The summed E-state index contributed by atoms with van der Waals surface area (Å²) in [6.45, 7) is 0. The van der Waals surface area contributed by atoms with E-state index in [2.05, 4.69) is 15.9 Å². The van der Waals surface area contributed by atoms with Crippen molar-refractivity contribution in [2.75, 3.05) is 5.33 Å². The molecule has 1 atom stereocenters. The molecule has 0 aliphatic carbocycles. The average molecular weight is 278 g/mol. The van der Waals surface area contributed by atoms with Gasteiger partial charge in [-0.25, -0.2) is 0 Å². The number of hydrogen-bond acceptors (Lipinski definition) is 1. The molecule has 0 bridgehead atoms. The smallest absolute Gasteiger partial charge is 0.0790 e. The van der Waals surface area contributed by atoms with Gasteiger partial charge in [0.25, 0.3) is 0 Å².